The van der Waals surface area contributed by atoms with Gasteiger partial charge in [0, 0.05) is 24.7 Å². The van der Waals surface area contributed by atoms with Gasteiger partial charge in [0.2, 0.25) is 0 Å². The summed E-state index contributed by atoms with van der Waals surface area (Å²) in [6, 6.07) is 5.75. The van der Waals surface area contributed by atoms with Crippen molar-refractivity contribution < 1.29 is 14.3 Å². The smallest absolute Gasteiger partial charge is 0.251 e. The van der Waals surface area contributed by atoms with E-state index < -0.39 is 0 Å². The zero-order valence-electron chi connectivity index (χ0n) is 12.3. The van der Waals surface area contributed by atoms with Gasteiger partial charge in [0.15, 0.2) is 11.5 Å². The van der Waals surface area contributed by atoms with E-state index in [0.29, 0.717) is 42.9 Å². The molecular formula is C15H22N2O3. The maximum atomic E-state index is 12.1. The van der Waals surface area contributed by atoms with E-state index in [1.807, 2.05) is 7.05 Å². The van der Waals surface area contributed by atoms with E-state index in [1.54, 1.807) is 18.2 Å². The molecule has 5 nitrogen and oxygen atoms in total. The lowest BCUT2D eigenvalue weighted by atomic mass is 10.2. The monoisotopic (exact) mass is 278 g/mol. The summed E-state index contributed by atoms with van der Waals surface area (Å²) in [6.07, 6.45) is 0. The summed E-state index contributed by atoms with van der Waals surface area (Å²) >= 11 is 0. The summed E-state index contributed by atoms with van der Waals surface area (Å²) in [5.41, 5.74) is 0.599. The Kier molecular flexibility index (Phi) is 4.84. The molecule has 0 atom stereocenters. The molecule has 1 N–H and O–H groups in total. The first kappa shape index (κ1) is 14.7. The van der Waals surface area contributed by atoms with Gasteiger partial charge in [-0.2, -0.15) is 0 Å². The third-order valence-corrected chi connectivity index (χ3v) is 3.44. The quantitative estimate of drug-likeness (QED) is 0.887. The van der Waals surface area contributed by atoms with Crippen LogP contribution in [-0.2, 0) is 0 Å². The van der Waals surface area contributed by atoms with Crippen LogP contribution in [0.15, 0.2) is 18.2 Å². The number of rotatable bonds is 5. The van der Waals surface area contributed by atoms with E-state index in [9.17, 15) is 4.79 Å². The van der Waals surface area contributed by atoms with Gasteiger partial charge in [0.05, 0.1) is 0 Å². The third kappa shape index (κ3) is 3.63. The highest BCUT2D eigenvalue weighted by molar-refractivity contribution is 5.94. The van der Waals surface area contributed by atoms with E-state index in [2.05, 4.69) is 24.1 Å². The first-order chi connectivity index (χ1) is 9.58. The molecule has 20 heavy (non-hydrogen) atoms. The van der Waals surface area contributed by atoms with Crippen molar-refractivity contribution in [2.24, 2.45) is 0 Å². The van der Waals surface area contributed by atoms with Crippen LogP contribution in [0.3, 0.4) is 0 Å². The van der Waals surface area contributed by atoms with Crippen molar-refractivity contribution in [2.45, 2.75) is 19.9 Å². The first-order valence-corrected chi connectivity index (χ1v) is 6.96. The maximum Gasteiger partial charge on any atom is 0.251 e. The van der Waals surface area contributed by atoms with Gasteiger partial charge in [0.1, 0.15) is 13.2 Å². The third-order valence-electron chi connectivity index (χ3n) is 3.44. The zero-order chi connectivity index (χ0) is 14.5. The average Bonchev–Trinajstić information content (AvgIpc) is 2.46. The second kappa shape index (κ2) is 6.61. The highest BCUT2D eigenvalue weighted by atomic mass is 16.6. The first-order valence-electron chi connectivity index (χ1n) is 6.96. The molecule has 1 heterocycles. The van der Waals surface area contributed by atoms with Crippen LogP contribution in [-0.4, -0.2) is 50.2 Å². The number of benzene rings is 1. The van der Waals surface area contributed by atoms with Gasteiger partial charge in [-0.05, 0) is 39.1 Å². The van der Waals surface area contributed by atoms with E-state index in [0.717, 1.165) is 6.54 Å². The van der Waals surface area contributed by atoms with Crippen LogP contribution in [0.5, 0.6) is 11.5 Å². The predicted octanol–water partition coefficient (Wildman–Crippen LogP) is 1.53. The highest BCUT2D eigenvalue weighted by Gasteiger charge is 2.14. The Bertz CT molecular complexity index is 474. The Morgan fingerprint density at radius 2 is 2.00 bits per heavy atom. The Morgan fingerprint density at radius 3 is 2.70 bits per heavy atom. The minimum atomic E-state index is -0.0841. The number of hydrogen-bond donors (Lipinski definition) is 1. The summed E-state index contributed by atoms with van der Waals surface area (Å²) in [5.74, 6) is 1.26. The second-order valence-electron chi connectivity index (χ2n) is 5.19. The molecule has 0 aromatic heterocycles. The van der Waals surface area contributed by atoms with E-state index in [4.69, 9.17) is 9.47 Å². The van der Waals surface area contributed by atoms with Crippen LogP contribution in [0.1, 0.15) is 24.2 Å². The van der Waals surface area contributed by atoms with Crippen molar-refractivity contribution in [1.29, 1.82) is 0 Å². The number of carbonyl (C=O) groups is 1. The maximum absolute atomic E-state index is 12.1. The largest absolute Gasteiger partial charge is 0.486 e. The van der Waals surface area contributed by atoms with Crippen LogP contribution in [0, 0.1) is 0 Å². The molecular weight excluding hydrogens is 256 g/mol. The number of carbonyl (C=O) groups excluding carboxylic acids is 1. The number of amides is 1. The number of nitrogens with one attached hydrogen (secondary N) is 1. The van der Waals surface area contributed by atoms with Gasteiger partial charge >= 0.3 is 0 Å². The van der Waals surface area contributed by atoms with Gasteiger partial charge in [-0.1, -0.05) is 0 Å². The molecule has 0 spiro atoms. The van der Waals surface area contributed by atoms with Crippen molar-refractivity contribution in [3.05, 3.63) is 23.8 Å². The summed E-state index contributed by atoms with van der Waals surface area (Å²) in [7, 11) is 2.04. The van der Waals surface area contributed by atoms with Crippen LogP contribution in [0.2, 0.25) is 0 Å². The average molecular weight is 278 g/mol. The molecule has 110 valence electrons. The highest BCUT2D eigenvalue weighted by Crippen LogP contribution is 2.30. The fourth-order valence-electron chi connectivity index (χ4n) is 1.89. The fourth-order valence-corrected chi connectivity index (χ4v) is 1.89. The molecule has 1 aliphatic heterocycles. The Morgan fingerprint density at radius 1 is 1.30 bits per heavy atom. The number of hydrogen-bond acceptors (Lipinski definition) is 4. The number of nitrogens with zero attached hydrogens (tertiary/aromatic N) is 1. The summed E-state index contributed by atoms with van der Waals surface area (Å²) in [5, 5.41) is 2.91. The summed E-state index contributed by atoms with van der Waals surface area (Å²) in [4.78, 5) is 14.2. The normalized spacial score (nSPS) is 13.7. The number of fused-ring (bicyclic) bond motifs is 1. The SMILES string of the molecule is CC(C)N(C)CCNC(=O)c1ccc2c(c1)OCCO2. The molecule has 0 saturated carbocycles. The van der Waals surface area contributed by atoms with E-state index >= 15 is 0 Å². The molecule has 2 rings (SSSR count). The molecule has 0 saturated heterocycles. The van der Waals surface area contributed by atoms with Gasteiger partial charge in [0.25, 0.3) is 5.91 Å². The number of likely N-dealkylation sites (N-methyl/N-ethyl adjacent to an activating group) is 1. The van der Waals surface area contributed by atoms with Crippen molar-refractivity contribution in [1.82, 2.24) is 10.2 Å². The lowest BCUT2D eigenvalue weighted by molar-refractivity contribution is 0.0947. The molecule has 0 unspecified atom stereocenters. The summed E-state index contributed by atoms with van der Waals surface area (Å²) in [6.45, 7) is 6.79. The molecule has 5 heteroatoms. The zero-order valence-corrected chi connectivity index (χ0v) is 12.3. The van der Waals surface area contributed by atoms with Crippen LogP contribution in [0.4, 0.5) is 0 Å². The van der Waals surface area contributed by atoms with Crippen molar-refractivity contribution >= 4 is 5.91 Å². The topological polar surface area (TPSA) is 50.8 Å². The van der Waals surface area contributed by atoms with Crippen molar-refractivity contribution in [3.63, 3.8) is 0 Å². The lowest BCUT2D eigenvalue weighted by Crippen LogP contribution is -2.36. The second-order valence-corrected chi connectivity index (χ2v) is 5.19. The molecule has 0 fully saturated rings. The molecule has 1 amide bonds. The molecule has 1 aromatic rings. The standard InChI is InChI=1S/C15H22N2O3/c1-11(2)17(3)7-6-16-15(18)12-4-5-13-14(10-12)20-9-8-19-13/h4-5,10-11H,6-9H2,1-3H3,(H,16,18). The molecule has 1 aliphatic rings. The Labute approximate surface area is 119 Å². The van der Waals surface area contributed by atoms with Crippen molar-refractivity contribution in [3.8, 4) is 11.5 Å². The van der Waals surface area contributed by atoms with Gasteiger partial charge in [-0.25, -0.2) is 0 Å². The Hall–Kier alpha value is -1.75. The molecule has 0 radical (unpaired) electrons. The van der Waals surface area contributed by atoms with Crippen LogP contribution >= 0.6 is 0 Å². The molecule has 0 aliphatic carbocycles. The van der Waals surface area contributed by atoms with Gasteiger partial charge in [-0.3, -0.25) is 4.79 Å². The van der Waals surface area contributed by atoms with Gasteiger partial charge < -0.3 is 19.7 Å². The summed E-state index contributed by atoms with van der Waals surface area (Å²) < 4.78 is 10.9. The molecule has 0 bridgehead atoms. The van der Waals surface area contributed by atoms with Crippen LogP contribution in [0.25, 0.3) is 0 Å². The lowest BCUT2D eigenvalue weighted by Gasteiger charge is -2.21. The predicted molar refractivity (Wildman–Crippen MR) is 77.5 cm³/mol. The Balaban J connectivity index is 1.89. The van der Waals surface area contributed by atoms with Gasteiger partial charge in [-0.15, -0.1) is 0 Å². The van der Waals surface area contributed by atoms with E-state index in [-0.39, 0.29) is 5.91 Å². The number of ether oxygens (including phenoxy) is 2. The fraction of sp³-hybridized carbons (Fsp3) is 0.533. The molecule has 1 aromatic carbocycles. The minimum Gasteiger partial charge on any atom is -0.486 e. The van der Waals surface area contributed by atoms with Crippen LogP contribution < -0.4 is 14.8 Å². The van der Waals surface area contributed by atoms with Crippen molar-refractivity contribution in [2.75, 3.05) is 33.4 Å². The minimum absolute atomic E-state index is 0.0841. The van der Waals surface area contributed by atoms with E-state index in [1.165, 1.54) is 0 Å².